The zero-order valence-electron chi connectivity index (χ0n) is 12.2. The van der Waals surface area contributed by atoms with Crippen molar-refractivity contribution in [2.45, 2.75) is 59.9 Å². The maximum Gasteiger partial charge on any atom is 0.205 e. The SMILES string of the molecule is CC(C)Cc1nnc(NC2CC(C)(C)CC2C)s1. The highest BCUT2D eigenvalue weighted by Gasteiger charge is 2.36. The molecule has 1 saturated carbocycles. The molecule has 3 nitrogen and oxygen atoms in total. The molecule has 0 spiro atoms. The highest BCUT2D eigenvalue weighted by Crippen LogP contribution is 2.42. The first-order chi connectivity index (χ1) is 8.35. The molecule has 4 heteroatoms. The molecule has 0 aliphatic heterocycles. The van der Waals surface area contributed by atoms with Crippen LogP contribution >= 0.6 is 11.3 Å². The minimum atomic E-state index is 0.461. The summed E-state index contributed by atoms with van der Waals surface area (Å²) >= 11 is 1.72. The zero-order valence-corrected chi connectivity index (χ0v) is 13.0. The van der Waals surface area contributed by atoms with Crippen LogP contribution in [-0.4, -0.2) is 16.2 Å². The van der Waals surface area contributed by atoms with Gasteiger partial charge in [0.2, 0.25) is 5.13 Å². The fourth-order valence-electron chi connectivity index (χ4n) is 2.99. The second-order valence-electron chi connectivity index (χ2n) is 6.90. The van der Waals surface area contributed by atoms with Crippen molar-refractivity contribution in [2.75, 3.05) is 5.32 Å². The van der Waals surface area contributed by atoms with Crippen LogP contribution in [0.1, 0.15) is 52.5 Å². The molecular weight excluding hydrogens is 242 g/mol. The van der Waals surface area contributed by atoms with Gasteiger partial charge in [0.15, 0.2) is 0 Å². The van der Waals surface area contributed by atoms with Crippen molar-refractivity contribution in [3.8, 4) is 0 Å². The summed E-state index contributed by atoms with van der Waals surface area (Å²) in [5.74, 6) is 1.37. The third kappa shape index (κ3) is 3.44. The van der Waals surface area contributed by atoms with E-state index in [1.807, 2.05) is 0 Å². The van der Waals surface area contributed by atoms with E-state index in [0.717, 1.165) is 22.5 Å². The van der Waals surface area contributed by atoms with Gasteiger partial charge in [-0.3, -0.25) is 0 Å². The lowest BCUT2D eigenvalue weighted by Gasteiger charge is -2.17. The highest BCUT2D eigenvalue weighted by molar-refractivity contribution is 7.15. The molecule has 0 saturated heterocycles. The molecule has 0 radical (unpaired) electrons. The first-order valence-corrected chi connectivity index (χ1v) is 7.76. The molecule has 1 aromatic heterocycles. The average molecular weight is 267 g/mol. The maximum absolute atomic E-state index is 4.27. The van der Waals surface area contributed by atoms with Crippen LogP contribution in [0.2, 0.25) is 0 Å². The van der Waals surface area contributed by atoms with Crippen molar-refractivity contribution < 1.29 is 0 Å². The quantitative estimate of drug-likeness (QED) is 0.897. The Balaban J connectivity index is 1.95. The van der Waals surface area contributed by atoms with E-state index in [1.165, 1.54) is 12.8 Å². The molecule has 1 aromatic rings. The molecule has 2 unspecified atom stereocenters. The minimum absolute atomic E-state index is 0.461. The van der Waals surface area contributed by atoms with E-state index >= 15 is 0 Å². The Morgan fingerprint density at radius 1 is 1.33 bits per heavy atom. The highest BCUT2D eigenvalue weighted by atomic mass is 32.1. The number of hydrogen-bond acceptors (Lipinski definition) is 4. The van der Waals surface area contributed by atoms with E-state index in [-0.39, 0.29) is 0 Å². The second-order valence-corrected chi connectivity index (χ2v) is 7.96. The predicted molar refractivity (Wildman–Crippen MR) is 78.0 cm³/mol. The summed E-state index contributed by atoms with van der Waals surface area (Å²) in [6.45, 7) is 11.5. The largest absolute Gasteiger partial charge is 0.357 e. The summed E-state index contributed by atoms with van der Waals surface area (Å²) < 4.78 is 0. The molecule has 2 rings (SSSR count). The molecule has 2 atom stereocenters. The van der Waals surface area contributed by atoms with Gasteiger partial charge in [0.25, 0.3) is 0 Å². The molecule has 1 fully saturated rings. The zero-order chi connectivity index (χ0) is 13.3. The average Bonchev–Trinajstić information content (AvgIpc) is 2.71. The van der Waals surface area contributed by atoms with E-state index in [1.54, 1.807) is 11.3 Å². The number of hydrogen-bond donors (Lipinski definition) is 1. The molecule has 0 bridgehead atoms. The van der Waals surface area contributed by atoms with Crippen molar-refractivity contribution >= 4 is 16.5 Å². The van der Waals surface area contributed by atoms with Crippen LogP contribution in [0.15, 0.2) is 0 Å². The molecule has 1 aliphatic carbocycles. The normalized spacial score (nSPS) is 26.8. The number of rotatable bonds is 4. The van der Waals surface area contributed by atoms with E-state index in [9.17, 15) is 0 Å². The lowest BCUT2D eigenvalue weighted by Crippen LogP contribution is -2.22. The van der Waals surface area contributed by atoms with Gasteiger partial charge in [0.1, 0.15) is 5.01 Å². The van der Waals surface area contributed by atoms with Crippen LogP contribution in [0.4, 0.5) is 5.13 Å². The van der Waals surface area contributed by atoms with Crippen molar-refractivity contribution in [1.82, 2.24) is 10.2 Å². The minimum Gasteiger partial charge on any atom is -0.357 e. The van der Waals surface area contributed by atoms with Gasteiger partial charge in [-0.2, -0.15) is 0 Å². The van der Waals surface area contributed by atoms with Crippen LogP contribution in [-0.2, 0) is 6.42 Å². The fourth-order valence-corrected chi connectivity index (χ4v) is 4.00. The first kappa shape index (κ1) is 13.8. The predicted octanol–water partition coefficient (Wildman–Crippen LogP) is 3.97. The van der Waals surface area contributed by atoms with Crippen molar-refractivity contribution in [1.29, 1.82) is 0 Å². The van der Waals surface area contributed by atoms with Crippen LogP contribution < -0.4 is 5.32 Å². The van der Waals surface area contributed by atoms with E-state index in [0.29, 0.717) is 17.4 Å². The van der Waals surface area contributed by atoms with Gasteiger partial charge in [-0.05, 0) is 30.1 Å². The van der Waals surface area contributed by atoms with Gasteiger partial charge in [-0.1, -0.05) is 46.0 Å². The lowest BCUT2D eigenvalue weighted by atomic mass is 9.91. The number of nitrogens with one attached hydrogen (secondary N) is 1. The van der Waals surface area contributed by atoms with E-state index < -0.39 is 0 Å². The summed E-state index contributed by atoms with van der Waals surface area (Å²) in [6, 6.07) is 0.555. The third-order valence-electron chi connectivity index (χ3n) is 3.69. The smallest absolute Gasteiger partial charge is 0.205 e. The van der Waals surface area contributed by atoms with E-state index in [2.05, 4.69) is 50.1 Å². The van der Waals surface area contributed by atoms with Gasteiger partial charge in [-0.25, -0.2) is 0 Å². The monoisotopic (exact) mass is 267 g/mol. The van der Waals surface area contributed by atoms with Crippen molar-refractivity contribution in [3.05, 3.63) is 5.01 Å². The Labute approximate surface area is 114 Å². The molecule has 18 heavy (non-hydrogen) atoms. The van der Waals surface area contributed by atoms with Gasteiger partial charge in [-0.15, -0.1) is 10.2 Å². The van der Waals surface area contributed by atoms with Crippen LogP contribution in [0, 0.1) is 17.3 Å². The fraction of sp³-hybridized carbons (Fsp3) is 0.857. The summed E-state index contributed by atoms with van der Waals surface area (Å²) in [6.07, 6.45) is 3.56. The maximum atomic E-state index is 4.27. The third-order valence-corrected chi connectivity index (χ3v) is 4.57. The van der Waals surface area contributed by atoms with Crippen molar-refractivity contribution in [2.24, 2.45) is 17.3 Å². The van der Waals surface area contributed by atoms with E-state index in [4.69, 9.17) is 0 Å². The lowest BCUT2D eigenvalue weighted by molar-refractivity contribution is 0.366. The Morgan fingerprint density at radius 2 is 2.06 bits per heavy atom. The Bertz CT molecular complexity index is 397. The summed E-state index contributed by atoms with van der Waals surface area (Å²) in [5, 5.41) is 14.3. The number of anilines is 1. The molecule has 1 heterocycles. The molecule has 1 aliphatic rings. The Kier molecular flexibility index (Phi) is 3.95. The second kappa shape index (κ2) is 5.16. The van der Waals surface area contributed by atoms with Gasteiger partial charge >= 0.3 is 0 Å². The standard InChI is InChI=1S/C14H25N3S/c1-9(2)6-12-16-17-13(18-12)15-11-8-14(4,5)7-10(11)3/h9-11H,6-8H2,1-5H3,(H,15,17). The summed E-state index contributed by atoms with van der Waals surface area (Å²) in [7, 11) is 0. The number of nitrogens with zero attached hydrogens (tertiary/aromatic N) is 2. The van der Waals surface area contributed by atoms with Gasteiger partial charge in [0.05, 0.1) is 0 Å². The van der Waals surface area contributed by atoms with Gasteiger partial charge in [0, 0.05) is 12.5 Å². The molecule has 0 amide bonds. The molecule has 1 N–H and O–H groups in total. The molecule has 0 aromatic carbocycles. The Morgan fingerprint density at radius 3 is 2.61 bits per heavy atom. The van der Waals surface area contributed by atoms with Crippen molar-refractivity contribution in [3.63, 3.8) is 0 Å². The Hall–Kier alpha value is -0.640. The van der Waals surface area contributed by atoms with Crippen LogP contribution in [0.5, 0.6) is 0 Å². The van der Waals surface area contributed by atoms with Gasteiger partial charge < -0.3 is 5.32 Å². The summed E-state index contributed by atoms with van der Waals surface area (Å²) in [5.41, 5.74) is 0.461. The summed E-state index contributed by atoms with van der Waals surface area (Å²) in [4.78, 5) is 0. The molecular formula is C14H25N3S. The van der Waals surface area contributed by atoms with Crippen LogP contribution in [0.25, 0.3) is 0 Å². The number of aromatic nitrogens is 2. The van der Waals surface area contributed by atoms with Crippen LogP contribution in [0.3, 0.4) is 0 Å². The molecule has 102 valence electrons. The topological polar surface area (TPSA) is 37.8 Å². The first-order valence-electron chi connectivity index (χ1n) is 6.94.